The number of carboxylic acids is 1. The van der Waals surface area contributed by atoms with E-state index in [1.807, 2.05) is 13.8 Å². The Hall–Kier alpha value is -2.34. The number of fused-ring (bicyclic) bond motifs is 1. The molecule has 156 valence electrons. The van der Waals surface area contributed by atoms with Crippen LogP contribution in [0.15, 0.2) is 15.7 Å². The zero-order valence-electron chi connectivity index (χ0n) is 15.9. The van der Waals surface area contributed by atoms with Gasteiger partial charge < -0.3 is 15.2 Å². The number of rotatable bonds is 6. The van der Waals surface area contributed by atoms with E-state index in [1.54, 1.807) is 0 Å². The van der Waals surface area contributed by atoms with Crippen LogP contribution in [-0.4, -0.2) is 67.3 Å². The molecule has 1 aromatic rings. The van der Waals surface area contributed by atoms with Crippen LogP contribution in [0.4, 0.5) is 0 Å². The quantitative estimate of drug-likeness (QED) is 0.440. The Morgan fingerprint density at radius 3 is 2.62 bits per heavy atom. The first-order valence-corrected chi connectivity index (χ1v) is 10.5. The average Bonchev–Trinajstić information content (AvgIpc) is 2.89. The Morgan fingerprint density at radius 1 is 1.38 bits per heavy atom. The van der Waals surface area contributed by atoms with Crippen molar-refractivity contribution in [2.75, 3.05) is 12.4 Å². The van der Waals surface area contributed by atoms with Crippen molar-refractivity contribution in [1.82, 2.24) is 20.0 Å². The second-order valence-corrected chi connectivity index (χ2v) is 8.53. The van der Waals surface area contributed by atoms with Gasteiger partial charge in [-0.1, -0.05) is 0 Å². The van der Waals surface area contributed by atoms with Crippen LogP contribution < -0.4 is 5.32 Å². The highest BCUT2D eigenvalue weighted by Gasteiger charge is 2.54. The van der Waals surface area contributed by atoms with E-state index < -0.39 is 35.2 Å². The summed E-state index contributed by atoms with van der Waals surface area (Å²) in [6, 6.07) is -0.822. The van der Waals surface area contributed by atoms with Gasteiger partial charge in [0.1, 0.15) is 30.3 Å². The lowest BCUT2D eigenvalue weighted by atomic mass is 10.0. The van der Waals surface area contributed by atoms with Crippen LogP contribution in [0, 0.1) is 13.8 Å². The molecule has 2 atom stereocenters. The summed E-state index contributed by atoms with van der Waals surface area (Å²) in [6.45, 7) is 4.61. The van der Waals surface area contributed by atoms with Gasteiger partial charge in [0.2, 0.25) is 5.91 Å². The summed E-state index contributed by atoms with van der Waals surface area (Å²) in [5.41, 5.74) is 1.70. The zero-order valence-corrected chi connectivity index (χ0v) is 18.3. The fraction of sp³-hybridized carbons (Fsp3) is 0.471. The van der Waals surface area contributed by atoms with Gasteiger partial charge in [0.15, 0.2) is 0 Å². The third-order valence-electron chi connectivity index (χ3n) is 4.60. The molecule has 1 aromatic heterocycles. The molecule has 0 spiro atoms. The second-order valence-electron chi connectivity index (χ2n) is 6.64. The standard InChI is InChI=1S/C17H19BrN4O6S/c1-7-12(18)8(2)21(20-7)4-11(24)19-13-15(25)22-14(17(26)27)10(5-28-9(3)23)6-29-16(13)22/h13,16H,4-6H2,1-3H3,(H,19,24)(H,26,27)/t13-,16+/m1/s1. The van der Waals surface area contributed by atoms with Crippen molar-refractivity contribution in [3.8, 4) is 0 Å². The van der Waals surface area contributed by atoms with Gasteiger partial charge in [-0.2, -0.15) is 5.10 Å². The molecule has 2 aliphatic heterocycles. The number of ether oxygens (including phenoxy) is 1. The van der Waals surface area contributed by atoms with E-state index in [0.29, 0.717) is 5.57 Å². The highest BCUT2D eigenvalue weighted by molar-refractivity contribution is 9.10. The Morgan fingerprint density at radius 2 is 2.07 bits per heavy atom. The summed E-state index contributed by atoms with van der Waals surface area (Å²) in [5, 5.41) is 15.9. The van der Waals surface area contributed by atoms with E-state index >= 15 is 0 Å². The summed E-state index contributed by atoms with van der Waals surface area (Å²) in [6.07, 6.45) is 0. The minimum atomic E-state index is -1.27. The van der Waals surface area contributed by atoms with Gasteiger partial charge in [-0.25, -0.2) is 4.79 Å². The number of hydrogen-bond acceptors (Lipinski definition) is 7. The number of halogens is 1. The Labute approximate surface area is 178 Å². The molecule has 0 bridgehead atoms. The summed E-state index contributed by atoms with van der Waals surface area (Å²) in [4.78, 5) is 48.8. The van der Waals surface area contributed by atoms with Crippen LogP contribution in [-0.2, 0) is 30.5 Å². The molecule has 29 heavy (non-hydrogen) atoms. The molecule has 3 rings (SSSR count). The number of aryl methyl sites for hydroxylation is 1. The number of β-lactam (4-membered cyclic amide) rings is 1. The molecule has 3 heterocycles. The van der Waals surface area contributed by atoms with E-state index in [0.717, 1.165) is 20.8 Å². The number of carbonyl (C=O) groups is 4. The maximum atomic E-state index is 12.6. The van der Waals surface area contributed by atoms with Crippen LogP contribution in [0.2, 0.25) is 0 Å². The number of thioether (sulfide) groups is 1. The third kappa shape index (κ3) is 4.04. The number of aromatic nitrogens is 2. The summed E-state index contributed by atoms with van der Waals surface area (Å²) in [5.74, 6) is -2.44. The average molecular weight is 487 g/mol. The monoisotopic (exact) mass is 486 g/mol. The van der Waals surface area contributed by atoms with Crippen LogP contribution in [0.3, 0.4) is 0 Å². The smallest absolute Gasteiger partial charge is 0.352 e. The van der Waals surface area contributed by atoms with Crippen LogP contribution >= 0.6 is 27.7 Å². The molecule has 0 aromatic carbocycles. The first kappa shape index (κ1) is 21.4. The molecule has 2 N–H and O–H groups in total. The van der Waals surface area contributed by atoms with E-state index in [-0.39, 0.29) is 24.6 Å². The minimum absolute atomic E-state index is 0.0568. The Balaban J connectivity index is 1.70. The van der Waals surface area contributed by atoms with Crippen LogP contribution in [0.1, 0.15) is 18.3 Å². The predicted molar refractivity (Wildman–Crippen MR) is 106 cm³/mol. The van der Waals surface area contributed by atoms with Gasteiger partial charge in [-0.05, 0) is 29.8 Å². The second kappa shape index (κ2) is 8.19. The van der Waals surface area contributed by atoms with Gasteiger partial charge in [-0.3, -0.25) is 24.0 Å². The highest BCUT2D eigenvalue weighted by Crippen LogP contribution is 2.40. The topological polar surface area (TPSA) is 131 Å². The van der Waals surface area contributed by atoms with Crippen molar-refractivity contribution in [2.24, 2.45) is 0 Å². The maximum Gasteiger partial charge on any atom is 0.352 e. The van der Waals surface area contributed by atoms with Gasteiger partial charge in [0.05, 0.1) is 15.9 Å². The normalized spacial score (nSPS) is 20.8. The molecular formula is C17H19BrN4O6S. The molecule has 1 fully saturated rings. The summed E-state index contributed by atoms with van der Waals surface area (Å²) >= 11 is 4.71. The number of carboxylic acid groups (broad SMARTS) is 1. The fourth-order valence-electron chi connectivity index (χ4n) is 3.17. The molecule has 0 unspecified atom stereocenters. The van der Waals surface area contributed by atoms with Gasteiger partial charge in [0.25, 0.3) is 5.91 Å². The van der Waals surface area contributed by atoms with Crippen molar-refractivity contribution >= 4 is 51.4 Å². The largest absolute Gasteiger partial charge is 0.477 e. The lowest BCUT2D eigenvalue weighted by Crippen LogP contribution is -2.70. The molecule has 2 amide bonds. The molecule has 1 saturated heterocycles. The van der Waals surface area contributed by atoms with Crippen LogP contribution in [0.25, 0.3) is 0 Å². The van der Waals surface area contributed by atoms with E-state index in [2.05, 4.69) is 26.3 Å². The number of nitrogens with one attached hydrogen (secondary N) is 1. The summed E-state index contributed by atoms with van der Waals surface area (Å²) < 4.78 is 7.24. The lowest BCUT2D eigenvalue weighted by molar-refractivity contribution is -0.151. The maximum absolute atomic E-state index is 12.6. The first-order valence-electron chi connectivity index (χ1n) is 8.64. The molecule has 0 saturated carbocycles. The molecule has 0 aliphatic carbocycles. The Bertz CT molecular complexity index is 943. The van der Waals surface area contributed by atoms with Gasteiger partial charge >= 0.3 is 11.9 Å². The number of aliphatic carboxylic acids is 1. The van der Waals surface area contributed by atoms with Crippen molar-refractivity contribution in [2.45, 2.75) is 38.7 Å². The number of hydrogen-bond donors (Lipinski definition) is 2. The van der Waals surface area contributed by atoms with Crippen molar-refractivity contribution in [3.63, 3.8) is 0 Å². The van der Waals surface area contributed by atoms with E-state index in [9.17, 15) is 24.3 Å². The highest BCUT2D eigenvalue weighted by atomic mass is 79.9. The number of amides is 2. The van der Waals surface area contributed by atoms with Crippen molar-refractivity contribution in [3.05, 3.63) is 27.1 Å². The number of carbonyl (C=O) groups excluding carboxylic acids is 3. The molecule has 0 radical (unpaired) electrons. The van der Waals surface area contributed by atoms with E-state index in [1.165, 1.54) is 23.4 Å². The lowest BCUT2D eigenvalue weighted by Gasteiger charge is -2.49. The molecular weight excluding hydrogens is 468 g/mol. The minimum Gasteiger partial charge on any atom is -0.477 e. The SMILES string of the molecule is CC(=O)OCC1=C(C(=O)O)N2C(=O)[C@@H](NC(=O)Cn3nc(C)c(Br)c3C)[C@@H]2SC1. The summed E-state index contributed by atoms with van der Waals surface area (Å²) in [7, 11) is 0. The van der Waals surface area contributed by atoms with Gasteiger partial charge in [0, 0.05) is 18.2 Å². The first-order chi connectivity index (χ1) is 13.6. The molecule has 2 aliphatic rings. The van der Waals surface area contributed by atoms with E-state index in [4.69, 9.17) is 4.74 Å². The Kier molecular flexibility index (Phi) is 6.03. The third-order valence-corrected chi connectivity index (χ3v) is 7.09. The molecule has 10 nitrogen and oxygen atoms in total. The zero-order chi connectivity index (χ0) is 21.5. The molecule has 12 heteroatoms. The fourth-order valence-corrected chi connectivity index (χ4v) is 4.78. The van der Waals surface area contributed by atoms with Crippen LogP contribution in [0.5, 0.6) is 0 Å². The number of esters is 1. The van der Waals surface area contributed by atoms with Gasteiger partial charge in [-0.15, -0.1) is 11.8 Å². The van der Waals surface area contributed by atoms with Crippen molar-refractivity contribution in [1.29, 1.82) is 0 Å². The number of nitrogens with zero attached hydrogens (tertiary/aromatic N) is 3. The predicted octanol–water partition coefficient (Wildman–Crippen LogP) is 0.564. The van der Waals surface area contributed by atoms with Crippen molar-refractivity contribution < 1.29 is 29.0 Å².